The molecule has 138 valence electrons. The lowest BCUT2D eigenvalue weighted by atomic mass is 10.1. The minimum Gasteiger partial charge on any atom is -0.348 e. The maximum Gasteiger partial charge on any atom is 0.245 e. The molecule has 25 heavy (non-hydrogen) atoms. The van der Waals surface area contributed by atoms with Gasteiger partial charge in [-0.05, 0) is 25.8 Å². The zero-order chi connectivity index (χ0) is 18.0. The minimum atomic E-state index is -0.412. The van der Waals surface area contributed by atoms with E-state index in [1.54, 1.807) is 14.5 Å². The van der Waals surface area contributed by atoms with Crippen molar-refractivity contribution in [2.24, 2.45) is 7.05 Å². The molecule has 2 aliphatic rings. The fraction of sp³-hybridized carbons (Fsp3) is 0.706. The first-order chi connectivity index (χ1) is 12.0. The Morgan fingerprint density at radius 2 is 2.08 bits per heavy atom. The van der Waals surface area contributed by atoms with Gasteiger partial charge in [-0.15, -0.1) is 0 Å². The van der Waals surface area contributed by atoms with Gasteiger partial charge in [-0.1, -0.05) is 0 Å². The lowest BCUT2D eigenvalue weighted by molar-refractivity contribution is -0.147. The van der Waals surface area contributed by atoms with Crippen molar-refractivity contribution in [1.29, 1.82) is 0 Å². The van der Waals surface area contributed by atoms with E-state index in [4.69, 9.17) is 9.47 Å². The van der Waals surface area contributed by atoms with Gasteiger partial charge in [-0.2, -0.15) is 5.10 Å². The summed E-state index contributed by atoms with van der Waals surface area (Å²) in [5, 5.41) is 4.35. The summed E-state index contributed by atoms with van der Waals surface area (Å²) < 4.78 is 12.8. The standard InChI is InChI=1S/C17H26N4O4/c1-12-9-14(19(3)18-12)10-20(11-16-24-7-8-25-16)17(23)15-5-4-6-21(15)13(2)22/h9,15-16H,4-8,10-11H2,1-3H3. The van der Waals surface area contributed by atoms with Gasteiger partial charge in [0, 0.05) is 20.5 Å². The third kappa shape index (κ3) is 4.01. The molecule has 0 spiro atoms. The number of aryl methyl sites for hydroxylation is 2. The van der Waals surface area contributed by atoms with Gasteiger partial charge >= 0.3 is 0 Å². The molecule has 2 saturated heterocycles. The smallest absolute Gasteiger partial charge is 0.245 e. The molecule has 0 N–H and O–H groups in total. The van der Waals surface area contributed by atoms with Crippen LogP contribution in [0.5, 0.6) is 0 Å². The Hall–Kier alpha value is -1.93. The molecule has 0 radical (unpaired) electrons. The van der Waals surface area contributed by atoms with E-state index in [-0.39, 0.29) is 11.8 Å². The molecule has 3 heterocycles. The Kier molecular flexibility index (Phi) is 5.39. The first-order valence-corrected chi connectivity index (χ1v) is 8.74. The van der Waals surface area contributed by atoms with Gasteiger partial charge in [-0.25, -0.2) is 0 Å². The predicted octanol–water partition coefficient (Wildman–Crippen LogP) is 0.441. The Morgan fingerprint density at radius 3 is 2.68 bits per heavy atom. The fourth-order valence-electron chi connectivity index (χ4n) is 3.54. The van der Waals surface area contributed by atoms with Gasteiger partial charge in [0.05, 0.1) is 37.7 Å². The number of carbonyl (C=O) groups is 2. The number of amides is 2. The van der Waals surface area contributed by atoms with Gasteiger partial charge < -0.3 is 19.3 Å². The van der Waals surface area contributed by atoms with E-state index in [9.17, 15) is 9.59 Å². The van der Waals surface area contributed by atoms with Crippen LogP contribution in [0.2, 0.25) is 0 Å². The third-order valence-corrected chi connectivity index (χ3v) is 4.77. The van der Waals surface area contributed by atoms with Crippen LogP contribution in [0.4, 0.5) is 0 Å². The Morgan fingerprint density at radius 1 is 1.36 bits per heavy atom. The summed E-state index contributed by atoms with van der Waals surface area (Å²) in [7, 11) is 1.87. The summed E-state index contributed by atoms with van der Waals surface area (Å²) in [6.07, 6.45) is 1.14. The average Bonchev–Trinajstić information content (AvgIpc) is 3.28. The molecule has 8 heteroatoms. The van der Waals surface area contributed by atoms with Crippen molar-refractivity contribution < 1.29 is 19.1 Å². The van der Waals surface area contributed by atoms with Gasteiger partial charge in [0.1, 0.15) is 6.04 Å². The Labute approximate surface area is 147 Å². The SMILES string of the molecule is CC(=O)N1CCCC1C(=O)N(Cc1cc(C)nn1C)CC1OCCO1. The third-order valence-electron chi connectivity index (χ3n) is 4.77. The molecule has 2 fully saturated rings. The number of ether oxygens (including phenoxy) is 2. The molecule has 2 amide bonds. The zero-order valence-corrected chi connectivity index (χ0v) is 15.1. The molecular weight excluding hydrogens is 324 g/mol. The van der Waals surface area contributed by atoms with Crippen molar-refractivity contribution in [3.63, 3.8) is 0 Å². The molecular formula is C17H26N4O4. The zero-order valence-electron chi connectivity index (χ0n) is 15.1. The molecule has 0 bridgehead atoms. The number of likely N-dealkylation sites (tertiary alicyclic amines) is 1. The predicted molar refractivity (Wildman–Crippen MR) is 89.5 cm³/mol. The quantitative estimate of drug-likeness (QED) is 0.770. The molecule has 2 aliphatic heterocycles. The first-order valence-electron chi connectivity index (χ1n) is 8.74. The topological polar surface area (TPSA) is 76.9 Å². The van der Waals surface area contributed by atoms with Crippen molar-refractivity contribution in [2.75, 3.05) is 26.3 Å². The van der Waals surface area contributed by atoms with Crippen LogP contribution < -0.4 is 0 Å². The highest BCUT2D eigenvalue weighted by Crippen LogP contribution is 2.21. The number of hydrogen-bond donors (Lipinski definition) is 0. The molecule has 1 aromatic rings. The van der Waals surface area contributed by atoms with Crippen molar-refractivity contribution in [1.82, 2.24) is 19.6 Å². The van der Waals surface area contributed by atoms with E-state index in [1.165, 1.54) is 6.92 Å². The summed E-state index contributed by atoms with van der Waals surface area (Å²) in [4.78, 5) is 28.4. The van der Waals surface area contributed by atoms with E-state index in [2.05, 4.69) is 5.10 Å². The van der Waals surface area contributed by atoms with Gasteiger partial charge in [0.2, 0.25) is 11.8 Å². The normalized spacial score (nSPS) is 21.1. The number of rotatable bonds is 5. The molecule has 1 atom stereocenters. The summed E-state index contributed by atoms with van der Waals surface area (Å²) in [5.41, 5.74) is 1.85. The van der Waals surface area contributed by atoms with Crippen molar-refractivity contribution in [3.8, 4) is 0 Å². The van der Waals surface area contributed by atoms with Crippen molar-refractivity contribution in [2.45, 2.75) is 45.6 Å². The van der Waals surface area contributed by atoms with E-state index >= 15 is 0 Å². The lowest BCUT2D eigenvalue weighted by Gasteiger charge is -2.31. The molecule has 0 aliphatic carbocycles. The summed E-state index contributed by atoms with van der Waals surface area (Å²) in [6, 6.07) is 1.57. The van der Waals surface area contributed by atoms with Crippen molar-refractivity contribution in [3.05, 3.63) is 17.5 Å². The second-order valence-corrected chi connectivity index (χ2v) is 6.66. The number of aromatic nitrogens is 2. The van der Waals surface area contributed by atoms with Crippen LogP contribution in [0.15, 0.2) is 6.07 Å². The second-order valence-electron chi connectivity index (χ2n) is 6.66. The van der Waals surface area contributed by atoms with Crippen LogP contribution in [0.1, 0.15) is 31.2 Å². The fourth-order valence-corrected chi connectivity index (χ4v) is 3.54. The molecule has 3 rings (SSSR count). The van der Waals surface area contributed by atoms with Crippen LogP contribution in [-0.2, 0) is 32.7 Å². The van der Waals surface area contributed by atoms with E-state index < -0.39 is 12.3 Å². The summed E-state index contributed by atoms with van der Waals surface area (Å²) >= 11 is 0. The molecule has 0 saturated carbocycles. The number of nitrogens with zero attached hydrogens (tertiary/aromatic N) is 4. The Bertz CT molecular complexity index is 639. The monoisotopic (exact) mass is 350 g/mol. The maximum absolute atomic E-state index is 13.2. The summed E-state index contributed by atoms with van der Waals surface area (Å²) in [6.45, 7) is 5.94. The number of hydrogen-bond acceptors (Lipinski definition) is 5. The number of carbonyl (C=O) groups excluding carboxylic acids is 2. The van der Waals surface area contributed by atoms with E-state index in [0.29, 0.717) is 39.3 Å². The molecule has 0 aromatic carbocycles. The van der Waals surface area contributed by atoms with Gasteiger partial charge in [-0.3, -0.25) is 14.3 Å². The van der Waals surface area contributed by atoms with Gasteiger partial charge in [0.15, 0.2) is 6.29 Å². The highest BCUT2D eigenvalue weighted by Gasteiger charge is 2.36. The molecule has 1 unspecified atom stereocenters. The van der Waals surface area contributed by atoms with Crippen LogP contribution in [0.3, 0.4) is 0 Å². The maximum atomic E-state index is 13.2. The van der Waals surface area contributed by atoms with Crippen LogP contribution in [0, 0.1) is 6.92 Å². The van der Waals surface area contributed by atoms with E-state index in [1.807, 2.05) is 20.0 Å². The molecule has 8 nitrogen and oxygen atoms in total. The van der Waals surface area contributed by atoms with Crippen LogP contribution in [0.25, 0.3) is 0 Å². The highest BCUT2D eigenvalue weighted by molar-refractivity contribution is 5.87. The first kappa shape index (κ1) is 17.9. The molecule has 1 aromatic heterocycles. The minimum absolute atomic E-state index is 0.0503. The van der Waals surface area contributed by atoms with Crippen LogP contribution in [-0.4, -0.2) is 70.0 Å². The largest absolute Gasteiger partial charge is 0.348 e. The van der Waals surface area contributed by atoms with Gasteiger partial charge in [0.25, 0.3) is 0 Å². The average molecular weight is 350 g/mol. The Balaban J connectivity index is 1.78. The van der Waals surface area contributed by atoms with Crippen molar-refractivity contribution >= 4 is 11.8 Å². The lowest BCUT2D eigenvalue weighted by Crippen LogP contribution is -2.49. The van der Waals surface area contributed by atoms with Crippen LogP contribution >= 0.6 is 0 Å². The highest BCUT2D eigenvalue weighted by atomic mass is 16.7. The summed E-state index contributed by atoms with van der Waals surface area (Å²) in [5.74, 6) is -0.105. The van der Waals surface area contributed by atoms with E-state index in [0.717, 1.165) is 17.8 Å². The second kappa shape index (κ2) is 7.53.